The van der Waals surface area contributed by atoms with Crippen LogP contribution in [0.2, 0.25) is 5.02 Å². The summed E-state index contributed by atoms with van der Waals surface area (Å²) in [6, 6.07) is 15.5. The molecule has 0 saturated heterocycles. The van der Waals surface area contributed by atoms with Gasteiger partial charge in [0, 0.05) is 17.1 Å². The number of benzene rings is 2. The molecule has 0 aliphatic rings. The van der Waals surface area contributed by atoms with Gasteiger partial charge in [-0.2, -0.15) is 0 Å². The summed E-state index contributed by atoms with van der Waals surface area (Å²) in [6.45, 7) is 4.71. The van der Waals surface area contributed by atoms with Crippen LogP contribution in [0.1, 0.15) is 48.0 Å². The lowest BCUT2D eigenvalue weighted by atomic mass is 9.97. The normalized spacial score (nSPS) is 11.5. The number of amides is 1. The zero-order chi connectivity index (χ0) is 20.6. The summed E-state index contributed by atoms with van der Waals surface area (Å²) in [5, 5.41) is 3.62. The molecule has 3 aromatic rings. The number of aryl methyl sites for hydroxylation is 1. The van der Waals surface area contributed by atoms with Gasteiger partial charge >= 0.3 is 5.91 Å². The maximum Gasteiger partial charge on any atom is 0.307 e. The van der Waals surface area contributed by atoms with Crippen LogP contribution in [-0.4, -0.2) is 17.4 Å². The van der Waals surface area contributed by atoms with Gasteiger partial charge in [0.2, 0.25) is 0 Å². The minimum absolute atomic E-state index is 0.0712. The maximum atomic E-state index is 12.4. The molecule has 0 unspecified atom stereocenters. The number of hydrogen-bond acceptors (Lipinski definition) is 3. The van der Waals surface area contributed by atoms with Crippen LogP contribution < -0.4 is 5.32 Å². The van der Waals surface area contributed by atoms with Crippen LogP contribution in [0.4, 0.5) is 0 Å². The number of halogens is 1. The van der Waals surface area contributed by atoms with E-state index in [-0.39, 0.29) is 11.8 Å². The highest BCUT2D eigenvalue weighted by Crippen LogP contribution is 2.26. The number of carbonyl (C=O) groups excluding carboxylic acids is 1. The zero-order valence-corrected chi connectivity index (χ0v) is 17.5. The highest BCUT2D eigenvalue weighted by Gasteiger charge is 2.14. The Kier molecular flexibility index (Phi) is 7.25. The van der Waals surface area contributed by atoms with Crippen LogP contribution in [0.3, 0.4) is 0 Å². The fourth-order valence-corrected chi connectivity index (χ4v) is 3.28. The van der Waals surface area contributed by atoms with Gasteiger partial charge in [-0.25, -0.2) is 4.98 Å². The summed E-state index contributed by atoms with van der Waals surface area (Å²) < 4.78 is 5.62. The van der Waals surface area contributed by atoms with Gasteiger partial charge in [-0.15, -0.1) is 0 Å². The monoisotopic (exact) mass is 408 g/mol. The number of nitrogens with zero attached hydrogens (tertiary/aromatic N) is 1. The number of carbonyl (C=O) groups is 1. The first-order chi connectivity index (χ1) is 14.1. The van der Waals surface area contributed by atoms with E-state index >= 15 is 0 Å². The summed E-state index contributed by atoms with van der Waals surface area (Å²) >= 11 is 6.19. The second kappa shape index (κ2) is 10.1. The van der Waals surface area contributed by atoms with E-state index in [2.05, 4.69) is 30.2 Å². The van der Waals surface area contributed by atoms with Crippen LogP contribution in [0.15, 0.2) is 65.2 Å². The van der Waals surface area contributed by atoms with E-state index in [0.717, 1.165) is 24.0 Å². The molecule has 29 heavy (non-hydrogen) atoms. The third-order valence-electron chi connectivity index (χ3n) is 4.66. The first-order valence-electron chi connectivity index (χ1n) is 9.83. The van der Waals surface area contributed by atoms with Crippen molar-refractivity contribution in [3.05, 3.63) is 82.8 Å². The summed E-state index contributed by atoms with van der Waals surface area (Å²) in [7, 11) is 0. The first kappa shape index (κ1) is 20.9. The SMILES string of the molecule is CCCC=C(CCNC(=O)c1ncc(-c2ccccc2)o1)c1cc(Cl)ccc1C. The molecule has 4 nitrogen and oxygen atoms in total. The van der Waals surface area contributed by atoms with Gasteiger partial charge in [0.05, 0.1) is 6.20 Å². The summed E-state index contributed by atoms with van der Waals surface area (Å²) in [4.78, 5) is 16.5. The maximum absolute atomic E-state index is 12.4. The molecule has 3 rings (SSSR count). The number of nitrogens with one attached hydrogen (secondary N) is 1. The van der Waals surface area contributed by atoms with E-state index in [0.29, 0.717) is 23.7 Å². The largest absolute Gasteiger partial charge is 0.432 e. The van der Waals surface area contributed by atoms with Crippen molar-refractivity contribution < 1.29 is 9.21 Å². The Balaban J connectivity index is 1.64. The van der Waals surface area contributed by atoms with E-state index in [1.807, 2.05) is 48.5 Å². The van der Waals surface area contributed by atoms with Gasteiger partial charge in [-0.1, -0.05) is 67.4 Å². The molecule has 150 valence electrons. The number of allylic oxidation sites excluding steroid dienone is 1. The quantitative estimate of drug-likeness (QED) is 0.475. The Labute approximate surface area is 176 Å². The number of aromatic nitrogens is 1. The Morgan fingerprint density at radius 1 is 1.21 bits per heavy atom. The molecule has 0 radical (unpaired) electrons. The number of rotatable bonds is 8. The van der Waals surface area contributed by atoms with Crippen molar-refractivity contribution in [2.75, 3.05) is 6.54 Å². The predicted octanol–water partition coefficient (Wildman–Crippen LogP) is 6.31. The van der Waals surface area contributed by atoms with Gasteiger partial charge in [-0.3, -0.25) is 4.79 Å². The molecule has 1 aromatic heterocycles. The minimum Gasteiger partial charge on any atom is -0.432 e. The van der Waals surface area contributed by atoms with E-state index in [9.17, 15) is 4.79 Å². The third-order valence-corrected chi connectivity index (χ3v) is 4.90. The van der Waals surface area contributed by atoms with Crippen molar-refractivity contribution in [3.63, 3.8) is 0 Å². The third kappa shape index (κ3) is 5.58. The predicted molar refractivity (Wildman–Crippen MR) is 118 cm³/mol. The molecule has 0 atom stereocenters. The zero-order valence-electron chi connectivity index (χ0n) is 16.7. The summed E-state index contributed by atoms with van der Waals surface area (Å²) in [6.07, 6.45) is 6.55. The number of oxazole rings is 1. The molecule has 2 aromatic carbocycles. The van der Waals surface area contributed by atoms with Crippen molar-refractivity contribution in [1.82, 2.24) is 10.3 Å². The standard InChI is InChI=1S/C24H25ClN2O2/c1-3-4-8-18(21-15-20(25)12-11-17(21)2)13-14-26-23(28)24-27-16-22(29-24)19-9-6-5-7-10-19/h5-12,15-16H,3-4,13-14H2,1-2H3,(H,26,28). The molecule has 0 aliphatic carbocycles. The molecule has 1 N–H and O–H groups in total. The topological polar surface area (TPSA) is 55.1 Å². The molecule has 0 bridgehead atoms. The molecule has 0 spiro atoms. The van der Waals surface area contributed by atoms with Gasteiger partial charge in [-0.05, 0) is 48.6 Å². The van der Waals surface area contributed by atoms with Crippen LogP contribution in [0.5, 0.6) is 0 Å². The lowest BCUT2D eigenvalue weighted by Gasteiger charge is -2.12. The lowest BCUT2D eigenvalue weighted by molar-refractivity contribution is 0.0921. The van der Waals surface area contributed by atoms with Crippen molar-refractivity contribution in [3.8, 4) is 11.3 Å². The fraction of sp³-hybridized carbons (Fsp3) is 0.250. The Bertz CT molecular complexity index is 993. The van der Waals surface area contributed by atoms with Crippen molar-refractivity contribution in [1.29, 1.82) is 0 Å². The first-order valence-corrected chi connectivity index (χ1v) is 10.2. The van der Waals surface area contributed by atoms with Crippen LogP contribution in [0.25, 0.3) is 16.9 Å². The molecule has 5 heteroatoms. The van der Waals surface area contributed by atoms with E-state index in [4.69, 9.17) is 16.0 Å². The second-order valence-electron chi connectivity index (χ2n) is 6.88. The van der Waals surface area contributed by atoms with Gasteiger partial charge in [0.25, 0.3) is 5.89 Å². The highest BCUT2D eigenvalue weighted by atomic mass is 35.5. The summed E-state index contributed by atoms with van der Waals surface area (Å²) in [5.74, 6) is 0.334. The Morgan fingerprint density at radius 2 is 2.00 bits per heavy atom. The van der Waals surface area contributed by atoms with Crippen molar-refractivity contribution in [2.45, 2.75) is 33.1 Å². The smallest absolute Gasteiger partial charge is 0.307 e. The number of hydrogen-bond donors (Lipinski definition) is 1. The molecular weight excluding hydrogens is 384 g/mol. The van der Waals surface area contributed by atoms with Gasteiger partial charge < -0.3 is 9.73 Å². The fourth-order valence-electron chi connectivity index (χ4n) is 3.11. The molecule has 1 amide bonds. The van der Waals surface area contributed by atoms with Gasteiger partial charge in [0.15, 0.2) is 5.76 Å². The highest BCUT2D eigenvalue weighted by molar-refractivity contribution is 6.30. The Hall–Kier alpha value is -2.85. The van der Waals surface area contributed by atoms with Crippen LogP contribution >= 0.6 is 11.6 Å². The Morgan fingerprint density at radius 3 is 2.76 bits per heavy atom. The van der Waals surface area contributed by atoms with Crippen molar-refractivity contribution in [2.24, 2.45) is 0 Å². The van der Waals surface area contributed by atoms with E-state index in [1.165, 1.54) is 11.1 Å². The van der Waals surface area contributed by atoms with Crippen LogP contribution in [0, 0.1) is 6.92 Å². The van der Waals surface area contributed by atoms with E-state index < -0.39 is 0 Å². The molecule has 1 heterocycles. The number of unbranched alkanes of at least 4 members (excludes halogenated alkanes) is 1. The molecular formula is C24H25ClN2O2. The van der Waals surface area contributed by atoms with Crippen LogP contribution in [-0.2, 0) is 0 Å². The lowest BCUT2D eigenvalue weighted by Crippen LogP contribution is -2.24. The average Bonchev–Trinajstić information content (AvgIpc) is 3.23. The van der Waals surface area contributed by atoms with Gasteiger partial charge in [0.1, 0.15) is 0 Å². The second-order valence-corrected chi connectivity index (χ2v) is 7.32. The van der Waals surface area contributed by atoms with Crippen molar-refractivity contribution >= 4 is 23.1 Å². The average molecular weight is 409 g/mol. The minimum atomic E-state index is -0.315. The molecule has 0 fully saturated rings. The molecule has 0 aliphatic heterocycles. The summed E-state index contributed by atoms with van der Waals surface area (Å²) in [5.41, 5.74) is 4.37. The molecule has 0 saturated carbocycles. The van der Waals surface area contributed by atoms with E-state index in [1.54, 1.807) is 6.20 Å².